The third kappa shape index (κ3) is 1.77. The Hall–Kier alpha value is -0.930. The zero-order valence-electron chi connectivity index (χ0n) is 7.98. The molecule has 1 aliphatic rings. The minimum atomic E-state index is 0.675. The first-order valence-electron chi connectivity index (χ1n) is 4.91. The Kier molecular flexibility index (Phi) is 2.22. The van der Waals surface area contributed by atoms with Gasteiger partial charge in [0.15, 0.2) is 0 Å². The van der Waals surface area contributed by atoms with Gasteiger partial charge < -0.3 is 0 Å². The van der Waals surface area contributed by atoms with Crippen LogP contribution in [0.1, 0.15) is 24.5 Å². The molecular weight excluding hydrogens is 228 g/mol. The molecule has 15 heavy (non-hydrogen) atoms. The van der Waals surface area contributed by atoms with E-state index in [2.05, 4.69) is 15.3 Å². The van der Waals surface area contributed by atoms with Crippen LogP contribution in [0.15, 0.2) is 23.7 Å². The molecule has 4 heteroatoms. The van der Waals surface area contributed by atoms with E-state index in [0.29, 0.717) is 10.9 Å². The Labute approximate surface area is 97.0 Å². The molecule has 0 N–H and O–H groups in total. The molecule has 2 aromatic heterocycles. The van der Waals surface area contributed by atoms with E-state index >= 15 is 0 Å². The van der Waals surface area contributed by atoms with Crippen LogP contribution in [0.5, 0.6) is 0 Å². The van der Waals surface area contributed by atoms with Gasteiger partial charge in [0, 0.05) is 17.5 Å². The molecule has 0 aliphatic heterocycles. The first-order chi connectivity index (χ1) is 7.34. The summed E-state index contributed by atoms with van der Waals surface area (Å²) < 4.78 is 0. The number of halogens is 1. The van der Waals surface area contributed by atoms with Crippen molar-refractivity contribution in [3.8, 4) is 10.7 Å². The van der Waals surface area contributed by atoms with Gasteiger partial charge >= 0.3 is 0 Å². The third-order valence-electron chi connectivity index (χ3n) is 2.48. The molecule has 1 saturated carbocycles. The van der Waals surface area contributed by atoms with E-state index in [-0.39, 0.29) is 0 Å². The molecule has 0 radical (unpaired) electrons. The predicted molar refractivity (Wildman–Crippen MR) is 62.3 cm³/mol. The third-order valence-corrected chi connectivity index (χ3v) is 3.65. The van der Waals surface area contributed by atoms with Crippen molar-refractivity contribution in [2.45, 2.75) is 18.8 Å². The van der Waals surface area contributed by atoms with Gasteiger partial charge in [0.1, 0.15) is 10.7 Å². The zero-order valence-corrected chi connectivity index (χ0v) is 9.55. The Balaban J connectivity index is 2.01. The lowest BCUT2D eigenvalue weighted by molar-refractivity contribution is 1.05. The fraction of sp³-hybridized carbons (Fsp3) is 0.273. The van der Waals surface area contributed by atoms with Crippen molar-refractivity contribution in [3.05, 3.63) is 34.4 Å². The van der Waals surface area contributed by atoms with Gasteiger partial charge in [0.2, 0.25) is 0 Å². The fourth-order valence-electron chi connectivity index (χ4n) is 1.50. The molecule has 0 atom stereocenters. The standard InChI is InChI=1S/C11H9ClN2S/c12-8-2-1-5-13-10(8)11-14-9(6-15-11)7-3-4-7/h1-2,5-7H,3-4H2. The van der Waals surface area contributed by atoms with Gasteiger partial charge in [-0.2, -0.15) is 0 Å². The molecular formula is C11H9ClN2S. The lowest BCUT2D eigenvalue weighted by Crippen LogP contribution is -1.84. The maximum atomic E-state index is 6.07. The number of aromatic nitrogens is 2. The number of rotatable bonds is 2. The Morgan fingerprint density at radius 3 is 3.00 bits per heavy atom. The van der Waals surface area contributed by atoms with Crippen molar-refractivity contribution in [2.24, 2.45) is 0 Å². The summed E-state index contributed by atoms with van der Waals surface area (Å²) in [5, 5.41) is 3.73. The highest BCUT2D eigenvalue weighted by Crippen LogP contribution is 2.41. The van der Waals surface area contributed by atoms with Crippen LogP contribution < -0.4 is 0 Å². The van der Waals surface area contributed by atoms with E-state index in [0.717, 1.165) is 10.7 Å². The molecule has 2 aromatic rings. The van der Waals surface area contributed by atoms with Crippen LogP contribution in [0.3, 0.4) is 0 Å². The number of pyridine rings is 1. The Morgan fingerprint density at radius 1 is 1.40 bits per heavy atom. The summed E-state index contributed by atoms with van der Waals surface area (Å²) in [6.45, 7) is 0. The normalized spacial score (nSPS) is 15.5. The lowest BCUT2D eigenvalue weighted by atomic mass is 10.3. The molecule has 76 valence electrons. The first-order valence-corrected chi connectivity index (χ1v) is 6.16. The molecule has 0 amide bonds. The monoisotopic (exact) mass is 236 g/mol. The Bertz CT molecular complexity index is 491. The molecule has 2 nitrogen and oxygen atoms in total. The van der Waals surface area contributed by atoms with Crippen LogP contribution in [0.2, 0.25) is 5.02 Å². The lowest BCUT2D eigenvalue weighted by Gasteiger charge is -1.97. The van der Waals surface area contributed by atoms with Gasteiger partial charge in [-0.3, -0.25) is 4.98 Å². The minimum Gasteiger partial charge on any atom is -0.252 e. The van der Waals surface area contributed by atoms with Crippen molar-refractivity contribution in [1.29, 1.82) is 0 Å². The van der Waals surface area contributed by atoms with Crippen molar-refractivity contribution in [2.75, 3.05) is 0 Å². The van der Waals surface area contributed by atoms with Crippen LogP contribution in [0.4, 0.5) is 0 Å². The Morgan fingerprint density at radius 2 is 2.27 bits per heavy atom. The average molecular weight is 237 g/mol. The molecule has 0 bridgehead atoms. The molecule has 2 heterocycles. The van der Waals surface area contributed by atoms with E-state index in [4.69, 9.17) is 11.6 Å². The fourth-order valence-corrected chi connectivity index (χ4v) is 2.68. The first kappa shape index (κ1) is 9.31. The summed E-state index contributed by atoms with van der Waals surface area (Å²) >= 11 is 7.69. The van der Waals surface area contributed by atoms with E-state index in [9.17, 15) is 0 Å². The molecule has 1 fully saturated rings. The van der Waals surface area contributed by atoms with Crippen LogP contribution in [0, 0.1) is 0 Å². The second kappa shape index (κ2) is 3.58. The van der Waals surface area contributed by atoms with Crippen molar-refractivity contribution < 1.29 is 0 Å². The highest BCUT2D eigenvalue weighted by molar-refractivity contribution is 7.13. The second-order valence-electron chi connectivity index (χ2n) is 3.69. The van der Waals surface area contributed by atoms with Gasteiger partial charge in [-0.15, -0.1) is 11.3 Å². The summed E-state index contributed by atoms with van der Waals surface area (Å²) in [5.74, 6) is 0.692. The number of thiazole rings is 1. The highest BCUT2D eigenvalue weighted by Gasteiger charge is 2.26. The van der Waals surface area contributed by atoms with E-state index in [1.165, 1.54) is 18.5 Å². The molecule has 0 saturated heterocycles. The maximum absolute atomic E-state index is 6.07. The maximum Gasteiger partial charge on any atom is 0.143 e. The molecule has 1 aliphatic carbocycles. The number of hydrogen-bond acceptors (Lipinski definition) is 3. The summed E-state index contributed by atoms with van der Waals surface area (Å²) in [7, 11) is 0. The molecule has 0 aromatic carbocycles. The van der Waals surface area contributed by atoms with Gasteiger partial charge in [-0.05, 0) is 25.0 Å². The quantitative estimate of drug-likeness (QED) is 0.794. The zero-order chi connectivity index (χ0) is 10.3. The van der Waals surface area contributed by atoms with E-state index in [1.807, 2.05) is 12.1 Å². The molecule has 0 unspecified atom stereocenters. The van der Waals surface area contributed by atoms with Gasteiger partial charge in [-0.25, -0.2) is 4.98 Å². The van der Waals surface area contributed by atoms with Crippen molar-refractivity contribution in [1.82, 2.24) is 9.97 Å². The summed E-state index contributed by atoms with van der Waals surface area (Å²) in [5.41, 5.74) is 2.01. The highest BCUT2D eigenvalue weighted by atomic mass is 35.5. The van der Waals surface area contributed by atoms with Crippen LogP contribution in [0.25, 0.3) is 10.7 Å². The largest absolute Gasteiger partial charge is 0.252 e. The smallest absolute Gasteiger partial charge is 0.143 e. The van der Waals surface area contributed by atoms with Gasteiger partial charge in [0.05, 0.1) is 10.7 Å². The summed E-state index contributed by atoms with van der Waals surface area (Å²) in [4.78, 5) is 8.83. The van der Waals surface area contributed by atoms with E-state index < -0.39 is 0 Å². The van der Waals surface area contributed by atoms with Crippen LogP contribution >= 0.6 is 22.9 Å². The molecule has 0 spiro atoms. The molecule has 3 rings (SSSR count). The van der Waals surface area contributed by atoms with Crippen molar-refractivity contribution >= 4 is 22.9 Å². The number of hydrogen-bond donors (Lipinski definition) is 0. The summed E-state index contributed by atoms with van der Waals surface area (Å²) in [6.07, 6.45) is 4.30. The van der Waals surface area contributed by atoms with Crippen LogP contribution in [-0.4, -0.2) is 9.97 Å². The summed E-state index contributed by atoms with van der Waals surface area (Å²) in [6, 6.07) is 3.68. The van der Waals surface area contributed by atoms with Crippen LogP contribution in [-0.2, 0) is 0 Å². The predicted octanol–water partition coefficient (Wildman–Crippen LogP) is 3.74. The van der Waals surface area contributed by atoms with Gasteiger partial charge in [0.25, 0.3) is 0 Å². The topological polar surface area (TPSA) is 25.8 Å². The average Bonchev–Trinajstić information content (AvgIpc) is 2.99. The number of nitrogens with zero attached hydrogens (tertiary/aromatic N) is 2. The van der Waals surface area contributed by atoms with Crippen molar-refractivity contribution in [3.63, 3.8) is 0 Å². The van der Waals surface area contributed by atoms with Gasteiger partial charge in [-0.1, -0.05) is 11.6 Å². The van der Waals surface area contributed by atoms with E-state index in [1.54, 1.807) is 17.5 Å². The second-order valence-corrected chi connectivity index (χ2v) is 4.95. The SMILES string of the molecule is Clc1cccnc1-c1nc(C2CC2)cs1. The minimum absolute atomic E-state index is 0.675.